The van der Waals surface area contributed by atoms with Crippen LogP contribution in [0.5, 0.6) is 5.75 Å². The first-order valence-electron chi connectivity index (χ1n) is 9.98. The van der Waals surface area contributed by atoms with Gasteiger partial charge in [0.05, 0.1) is 7.11 Å². The van der Waals surface area contributed by atoms with E-state index in [-0.39, 0.29) is 5.88 Å². The Morgan fingerprint density at radius 1 is 0.871 bits per heavy atom. The lowest BCUT2D eigenvalue weighted by Crippen LogP contribution is -1.89. The lowest BCUT2D eigenvalue weighted by molar-refractivity contribution is 0.414. The van der Waals surface area contributed by atoms with Gasteiger partial charge in [0, 0.05) is 22.9 Å². The van der Waals surface area contributed by atoms with Crippen LogP contribution in [0.2, 0.25) is 0 Å². The van der Waals surface area contributed by atoms with Gasteiger partial charge in [-0.15, -0.1) is 0 Å². The zero-order valence-electron chi connectivity index (χ0n) is 17.7. The smallest absolute Gasteiger partial charge is 0.238 e. The second kappa shape index (κ2) is 8.73. The summed E-state index contributed by atoms with van der Waals surface area (Å²) in [5.41, 5.74) is 6.08. The molecule has 4 rings (SSSR count). The van der Waals surface area contributed by atoms with Crippen molar-refractivity contribution >= 4 is 12.1 Å². The van der Waals surface area contributed by atoms with Crippen molar-refractivity contribution in [3.8, 4) is 34.3 Å². The number of benzene rings is 3. The summed E-state index contributed by atoms with van der Waals surface area (Å²) in [6, 6.07) is 26.0. The number of nitrogens with zero attached hydrogens (tertiary/aromatic N) is 2. The van der Waals surface area contributed by atoms with Crippen LogP contribution in [0, 0.1) is 25.2 Å². The Labute approximate surface area is 182 Å². The maximum absolute atomic E-state index is 10.0. The van der Waals surface area contributed by atoms with Crippen LogP contribution >= 0.6 is 0 Å². The molecule has 4 heteroatoms. The number of hydrogen-bond donors (Lipinski definition) is 0. The third-order valence-electron chi connectivity index (χ3n) is 5.12. The van der Waals surface area contributed by atoms with Gasteiger partial charge in [-0.1, -0.05) is 71.8 Å². The highest BCUT2D eigenvalue weighted by Gasteiger charge is 2.22. The SMILES string of the molecule is COc1ccccc1C=Nc1oc(-c2ccc(C)cc2)c(-c2ccc(C)cc2)c1C#N. The molecule has 0 amide bonds. The van der Waals surface area contributed by atoms with Gasteiger partial charge in [-0.25, -0.2) is 4.99 Å². The molecular weight excluding hydrogens is 384 g/mol. The molecule has 0 fully saturated rings. The average molecular weight is 406 g/mol. The predicted molar refractivity (Wildman–Crippen MR) is 124 cm³/mol. The van der Waals surface area contributed by atoms with E-state index in [4.69, 9.17) is 9.15 Å². The fourth-order valence-electron chi connectivity index (χ4n) is 3.42. The van der Waals surface area contributed by atoms with Crippen LogP contribution in [-0.4, -0.2) is 13.3 Å². The van der Waals surface area contributed by atoms with E-state index in [0.29, 0.717) is 17.1 Å². The van der Waals surface area contributed by atoms with Crippen molar-refractivity contribution in [3.05, 3.63) is 95.1 Å². The zero-order valence-corrected chi connectivity index (χ0v) is 17.7. The van der Waals surface area contributed by atoms with Gasteiger partial charge in [0.1, 0.15) is 23.1 Å². The monoisotopic (exact) mass is 406 g/mol. The number of furan rings is 1. The van der Waals surface area contributed by atoms with Crippen LogP contribution in [0.1, 0.15) is 22.3 Å². The molecule has 1 aromatic heterocycles. The molecule has 0 aliphatic heterocycles. The summed E-state index contributed by atoms with van der Waals surface area (Å²) in [7, 11) is 1.62. The van der Waals surface area contributed by atoms with Crippen LogP contribution < -0.4 is 4.74 Å². The molecule has 4 nitrogen and oxygen atoms in total. The molecule has 0 unspecified atom stereocenters. The van der Waals surface area contributed by atoms with Crippen LogP contribution in [-0.2, 0) is 0 Å². The molecule has 152 valence electrons. The molecule has 0 aliphatic rings. The number of ether oxygens (including phenoxy) is 1. The van der Waals surface area contributed by atoms with Crippen LogP contribution in [0.4, 0.5) is 5.88 Å². The standard InChI is InChI=1S/C27H22N2O2/c1-18-8-12-20(13-9-18)25-23(16-28)27(29-17-22-6-4-5-7-24(22)30-3)31-26(25)21-14-10-19(2)11-15-21/h4-15,17H,1-3H3. The molecule has 1 heterocycles. The van der Waals surface area contributed by atoms with Gasteiger partial charge in [-0.2, -0.15) is 5.26 Å². The number of para-hydroxylation sites is 1. The van der Waals surface area contributed by atoms with Crippen molar-refractivity contribution in [1.29, 1.82) is 5.26 Å². The molecule has 0 atom stereocenters. The van der Waals surface area contributed by atoms with Gasteiger partial charge in [-0.3, -0.25) is 0 Å². The third-order valence-corrected chi connectivity index (χ3v) is 5.12. The lowest BCUT2D eigenvalue weighted by Gasteiger charge is -2.05. The molecule has 0 spiro atoms. The molecule has 0 aliphatic carbocycles. The van der Waals surface area contributed by atoms with Gasteiger partial charge in [0.2, 0.25) is 5.88 Å². The van der Waals surface area contributed by atoms with E-state index in [0.717, 1.165) is 33.4 Å². The van der Waals surface area contributed by atoms with Gasteiger partial charge >= 0.3 is 0 Å². The first-order chi connectivity index (χ1) is 15.1. The summed E-state index contributed by atoms with van der Waals surface area (Å²) >= 11 is 0. The fraction of sp³-hybridized carbons (Fsp3) is 0.111. The number of aliphatic imine (C=N–C) groups is 1. The number of rotatable bonds is 5. The van der Waals surface area contributed by atoms with E-state index in [1.165, 1.54) is 0 Å². The van der Waals surface area contributed by atoms with E-state index < -0.39 is 0 Å². The quantitative estimate of drug-likeness (QED) is 0.340. The second-order valence-electron chi connectivity index (χ2n) is 7.33. The minimum atomic E-state index is 0.277. The number of aryl methyl sites for hydroxylation is 2. The van der Waals surface area contributed by atoms with Crippen molar-refractivity contribution in [2.45, 2.75) is 13.8 Å². The minimum absolute atomic E-state index is 0.277. The van der Waals surface area contributed by atoms with Crippen LogP contribution in [0.25, 0.3) is 22.5 Å². The highest BCUT2D eigenvalue weighted by atomic mass is 16.5. The van der Waals surface area contributed by atoms with E-state index >= 15 is 0 Å². The molecule has 0 saturated carbocycles. The molecule has 3 aromatic carbocycles. The average Bonchev–Trinajstić information content (AvgIpc) is 3.17. The molecule has 0 radical (unpaired) electrons. The number of methoxy groups -OCH3 is 1. The molecular formula is C27H22N2O2. The molecule has 0 saturated heterocycles. The van der Waals surface area contributed by atoms with Crippen molar-refractivity contribution in [3.63, 3.8) is 0 Å². The molecule has 0 bridgehead atoms. The van der Waals surface area contributed by atoms with Crippen molar-refractivity contribution in [2.24, 2.45) is 4.99 Å². The Bertz CT molecular complexity index is 1270. The molecule has 31 heavy (non-hydrogen) atoms. The lowest BCUT2D eigenvalue weighted by atomic mass is 9.97. The number of nitriles is 1. The summed E-state index contributed by atoms with van der Waals surface area (Å²) < 4.78 is 11.6. The van der Waals surface area contributed by atoms with Gasteiger partial charge in [0.15, 0.2) is 0 Å². The van der Waals surface area contributed by atoms with Gasteiger partial charge in [-0.05, 0) is 31.5 Å². The van der Waals surface area contributed by atoms with Crippen molar-refractivity contribution in [2.75, 3.05) is 7.11 Å². The second-order valence-corrected chi connectivity index (χ2v) is 7.33. The summed E-state index contributed by atoms with van der Waals surface area (Å²) in [5, 5.41) is 10.0. The Morgan fingerprint density at radius 2 is 1.48 bits per heavy atom. The fourth-order valence-corrected chi connectivity index (χ4v) is 3.42. The Balaban J connectivity index is 1.89. The zero-order chi connectivity index (χ0) is 21.8. The largest absolute Gasteiger partial charge is 0.496 e. The normalized spacial score (nSPS) is 10.9. The van der Waals surface area contributed by atoms with E-state index in [1.807, 2.05) is 86.6 Å². The van der Waals surface area contributed by atoms with Crippen molar-refractivity contribution < 1.29 is 9.15 Å². The van der Waals surface area contributed by atoms with Gasteiger partial charge in [0.25, 0.3) is 0 Å². The Hall–Kier alpha value is -4.10. The summed E-state index contributed by atoms with van der Waals surface area (Å²) in [4.78, 5) is 4.53. The minimum Gasteiger partial charge on any atom is -0.496 e. The van der Waals surface area contributed by atoms with E-state index in [9.17, 15) is 5.26 Å². The third kappa shape index (κ3) is 4.12. The highest BCUT2D eigenvalue weighted by molar-refractivity contribution is 5.90. The van der Waals surface area contributed by atoms with E-state index in [1.54, 1.807) is 13.3 Å². The first-order valence-corrected chi connectivity index (χ1v) is 9.98. The Kier molecular flexibility index (Phi) is 5.68. The number of hydrogen-bond acceptors (Lipinski definition) is 4. The maximum atomic E-state index is 10.0. The summed E-state index contributed by atoms with van der Waals surface area (Å²) in [6.45, 7) is 4.07. The van der Waals surface area contributed by atoms with Crippen LogP contribution in [0.15, 0.2) is 82.2 Å². The van der Waals surface area contributed by atoms with Crippen LogP contribution in [0.3, 0.4) is 0 Å². The maximum Gasteiger partial charge on any atom is 0.238 e. The predicted octanol–water partition coefficient (Wildman–Crippen LogP) is 6.86. The summed E-state index contributed by atoms with van der Waals surface area (Å²) in [6.07, 6.45) is 1.66. The van der Waals surface area contributed by atoms with E-state index in [2.05, 4.69) is 11.1 Å². The summed E-state index contributed by atoms with van der Waals surface area (Å²) in [5.74, 6) is 1.61. The van der Waals surface area contributed by atoms with Gasteiger partial charge < -0.3 is 9.15 Å². The molecule has 4 aromatic rings. The topological polar surface area (TPSA) is 58.5 Å². The molecule has 0 N–H and O–H groups in total. The van der Waals surface area contributed by atoms with Crippen molar-refractivity contribution in [1.82, 2.24) is 0 Å². The Morgan fingerprint density at radius 3 is 2.10 bits per heavy atom. The first kappa shape index (κ1) is 20.2. The highest BCUT2D eigenvalue weighted by Crippen LogP contribution is 2.42.